The first-order valence-corrected chi connectivity index (χ1v) is 6.85. The lowest BCUT2D eigenvalue weighted by atomic mass is 10.3. The Kier molecular flexibility index (Phi) is 3.59. The first-order chi connectivity index (χ1) is 7.29. The molecule has 0 spiro atoms. The van der Waals surface area contributed by atoms with Crippen molar-refractivity contribution in [1.29, 1.82) is 0 Å². The number of aromatic nitrogens is 2. The minimum atomic E-state index is -4.10. The SMILES string of the molecule is CCCn1nc(C(=O)O)c(S(=O)(=O)Cl)c1C. The van der Waals surface area contributed by atoms with E-state index >= 15 is 0 Å². The van der Waals surface area contributed by atoms with Crippen molar-refractivity contribution < 1.29 is 18.3 Å². The molecule has 0 radical (unpaired) electrons. The number of carboxylic acid groups (broad SMARTS) is 1. The van der Waals surface area contributed by atoms with E-state index in [-0.39, 0.29) is 5.69 Å². The fourth-order valence-corrected chi connectivity index (χ4v) is 2.76. The molecule has 1 heterocycles. The van der Waals surface area contributed by atoms with Crippen LogP contribution in [0.2, 0.25) is 0 Å². The third-order valence-electron chi connectivity index (χ3n) is 2.03. The molecule has 1 N–H and O–H groups in total. The Morgan fingerprint density at radius 3 is 2.44 bits per heavy atom. The molecule has 0 saturated heterocycles. The van der Waals surface area contributed by atoms with Crippen LogP contribution in [0, 0.1) is 6.92 Å². The summed E-state index contributed by atoms with van der Waals surface area (Å²) in [6, 6.07) is 0. The maximum atomic E-state index is 11.2. The van der Waals surface area contributed by atoms with Crippen LogP contribution < -0.4 is 0 Å². The van der Waals surface area contributed by atoms with Crippen molar-refractivity contribution in [3.63, 3.8) is 0 Å². The molecule has 6 nitrogen and oxygen atoms in total. The fourth-order valence-electron chi connectivity index (χ4n) is 1.39. The third-order valence-corrected chi connectivity index (χ3v) is 3.47. The molecule has 90 valence electrons. The first-order valence-electron chi connectivity index (χ1n) is 4.54. The van der Waals surface area contributed by atoms with Crippen molar-refractivity contribution in [3.05, 3.63) is 11.4 Å². The molecular weight excluding hydrogens is 256 g/mol. The molecule has 16 heavy (non-hydrogen) atoms. The van der Waals surface area contributed by atoms with E-state index in [1.54, 1.807) is 0 Å². The topological polar surface area (TPSA) is 89.3 Å². The van der Waals surface area contributed by atoms with Gasteiger partial charge in [-0.2, -0.15) is 5.10 Å². The first kappa shape index (κ1) is 13.0. The Morgan fingerprint density at radius 1 is 1.56 bits per heavy atom. The van der Waals surface area contributed by atoms with Gasteiger partial charge in [-0.1, -0.05) is 6.92 Å². The third kappa shape index (κ3) is 2.35. The van der Waals surface area contributed by atoms with Gasteiger partial charge >= 0.3 is 5.97 Å². The van der Waals surface area contributed by atoms with Gasteiger partial charge in [0.05, 0.1) is 5.69 Å². The quantitative estimate of drug-likeness (QED) is 0.828. The molecule has 0 atom stereocenters. The average molecular weight is 267 g/mol. The molecule has 1 rings (SSSR count). The number of carboxylic acids is 1. The van der Waals surface area contributed by atoms with Crippen molar-refractivity contribution in [1.82, 2.24) is 9.78 Å². The smallest absolute Gasteiger partial charge is 0.357 e. The van der Waals surface area contributed by atoms with E-state index in [9.17, 15) is 13.2 Å². The molecular formula is C8H11ClN2O4S. The predicted octanol–water partition coefficient (Wildman–Crippen LogP) is 1.23. The van der Waals surface area contributed by atoms with Gasteiger partial charge in [0.25, 0.3) is 9.05 Å². The molecule has 0 bridgehead atoms. The Bertz CT molecular complexity index is 520. The summed E-state index contributed by atoms with van der Waals surface area (Å²) in [5.41, 5.74) is -0.282. The highest BCUT2D eigenvalue weighted by atomic mass is 35.7. The number of hydrogen-bond acceptors (Lipinski definition) is 4. The van der Waals surface area contributed by atoms with Crippen LogP contribution in [0.1, 0.15) is 29.5 Å². The second-order valence-electron chi connectivity index (χ2n) is 3.23. The molecule has 0 amide bonds. The van der Waals surface area contributed by atoms with Crippen LogP contribution in [-0.4, -0.2) is 29.3 Å². The van der Waals surface area contributed by atoms with Crippen LogP contribution in [0.25, 0.3) is 0 Å². The summed E-state index contributed by atoms with van der Waals surface area (Å²) in [5, 5.41) is 12.6. The molecule has 1 aromatic rings. The largest absolute Gasteiger partial charge is 0.476 e. The van der Waals surface area contributed by atoms with E-state index in [1.807, 2.05) is 6.92 Å². The normalized spacial score (nSPS) is 11.7. The summed E-state index contributed by atoms with van der Waals surface area (Å²) in [4.78, 5) is 10.4. The van der Waals surface area contributed by atoms with Gasteiger partial charge in [-0.25, -0.2) is 13.2 Å². The predicted molar refractivity (Wildman–Crippen MR) is 57.3 cm³/mol. The maximum Gasteiger partial charge on any atom is 0.357 e. The van der Waals surface area contributed by atoms with Gasteiger partial charge in [0.2, 0.25) is 0 Å². The van der Waals surface area contributed by atoms with Crippen LogP contribution in [-0.2, 0) is 15.6 Å². The number of hydrogen-bond donors (Lipinski definition) is 1. The Labute approximate surface area is 97.3 Å². The van der Waals surface area contributed by atoms with Crippen molar-refractivity contribution in [2.24, 2.45) is 0 Å². The van der Waals surface area contributed by atoms with Crippen molar-refractivity contribution in [3.8, 4) is 0 Å². The minimum absolute atomic E-state index is 0.245. The van der Waals surface area contributed by atoms with E-state index in [0.717, 1.165) is 0 Å². The van der Waals surface area contributed by atoms with Gasteiger partial charge in [0.15, 0.2) is 5.69 Å². The van der Waals surface area contributed by atoms with Crippen molar-refractivity contribution >= 4 is 25.7 Å². The number of nitrogens with zero attached hydrogens (tertiary/aromatic N) is 2. The zero-order chi connectivity index (χ0) is 12.5. The maximum absolute atomic E-state index is 11.2. The van der Waals surface area contributed by atoms with Crippen LogP contribution in [0.15, 0.2) is 4.90 Å². The number of rotatable bonds is 4. The summed E-state index contributed by atoms with van der Waals surface area (Å²) < 4.78 is 23.8. The standard InChI is InChI=1S/C8H11ClN2O4S/c1-3-4-11-5(2)7(16(9,14)15)6(10-11)8(12)13/h3-4H2,1-2H3,(H,12,13). The number of carbonyl (C=O) groups is 1. The van der Waals surface area contributed by atoms with Crippen LogP contribution >= 0.6 is 10.7 Å². The second kappa shape index (κ2) is 4.42. The summed E-state index contributed by atoms with van der Waals surface area (Å²) >= 11 is 0. The lowest BCUT2D eigenvalue weighted by molar-refractivity contribution is 0.0685. The van der Waals surface area contributed by atoms with E-state index in [4.69, 9.17) is 15.8 Å². The number of halogens is 1. The number of aromatic carboxylic acids is 1. The van der Waals surface area contributed by atoms with Gasteiger partial charge in [-0.3, -0.25) is 4.68 Å². The van der Waals surface area contributed by atoms with Gasteiger partial charge in [-0.15, -0.1) is 0 Å². The molecule has 0 aliphatic carbocycles. The average Bonchev–Trinajstić information content (AvgIpc) is 2.43. The Morgan fingerprint density at radius 2 is 2.12 bits per heavy atom. The molecule has 0 saturated carbocycles. The van der Waals surface area contributed by atoms with Crippen LogP contribution in [0.3, 0.4) is 0 Å². The highest BCUT2D eigenvalue weighted by Crippen LogP contribution is 2.23. The van der Waals surface area contributed by atoms with Crippen molar-refractivity contribution in [2.75, 3.05) is 0 Å². The zero-order valence-corrected chi connectivity index (χ0v) is 10.3. The molecule has 0 aliphatic rings. The Balaban J connectivity index is 3.50. The minimum Gasteiger partial charge on any atom is -0.476 e. The second-order valence-corrected chi connectivity index (χ2v) is 5.73. The van der Waals surface area contributed by atoms with Gasteiger partial charge in [0, 0.05) is 17.2 Å². The van der Waals surface area contributed by atoms with Crippen molar-refractivity contribution in [2.45, 2.75) is 31.7 Å². The molecule has 8 heteroatoms. The summed E-state index contributed by atoms with van der Waals surface area (Å²) in [7, 11) is 1.08. The highest BCUT2D eigenvalue weighted by molar-refractivity contribution is 8.13. The summed E-state index contributed by atoms with van der Waals surface area (Å²) in [6.45, 7) is 3.79. The lowest BCUT2D eigenvalue weighted by Gasteiger charge is -2.00. The lowest BCUT2D eigenvalue weighted by Crippen LogP contribution is -2.04. The zero-order valence-electron chi connectivity index (χ0n) is 8.77. The van der Waals surface area contributed by atoms with Gasteiger partial charge in [-0.05, 0) is 13.3 Å². The highest BCUT2D eigenvalue weighted by Gasteiger charge is 2.28. The summed E-state index contributed by atoms with van der Waals surface area (Å²) in [6.07, 6.45) is 0.712. The van der Waals surface area contributed by atoms with E-state index in [1.165, 1.54) is 11.6 Å². The Hall–Kier alpha value is -1.08. The monoisotopic (exact) mass is 266 g/mol. The van der Waals surface area contributed by atoms with E-state index in [0.29, 0.717) is 13.0 Å². The number of aryl methyl sites for hydroxylation is 1. The van der Waals surface area contributed by atoms with E-state index < -0.39 is 25.6 Å². The van der Waals surface area contributed by atoms with Crippen LogP contribution in [0.5, 0.6) is 0 Å². The fraction of sp³-hybridized carbons (Fsp3) is 0.500. The summed E-state index contributed by atoms with van der Waals surface area (Å²) in [5.74, 6) is -1.41. The van der Waals surface area contributed by atoms with Crippen LogP contribution in [0.4, 0.5) is 0 Å². The molecule has 0 aliphatic heterocycles. The van der Waals surface area contributed by atoms with Gasteiger partial charge in [0.1, 0.15) is 4.90 Å². The van der Waals surface area contributed by atoms with E-state index in [2.05, 4.69) is 5.10 Å². The van der Waals surface area contributed by atoms with Gasteiger partial charge < -0.3 is 5.11 Å². The molecule has 0 fully saturated rings. The molecule has 0 aromatic carbocycles. The molecule has 0 unspecified atom stereocenters. The molecule has 1 aromatic heterocycles.